The summed E-state index contributed by atoms with van der Waals surface area (Å²) in [5, 5.41) is 23.0. The van der Waals surface area contributed by atoms with E-state index in [1.807, 2.05) is 0 Å². The minimum absolute atomic E-state index is 0.248. The molecule has 2 amide bonds. The molecule has 29 heavy (non-hydrogen) atoms. The normalized spacial score (nSPS) is 11.0. The maximum absolute atomic E-state index is 12.8. The Balaban J connectivity index is 1.79. The van der Waals surface area contributed by atoms with Crippen LogP contribution < -0.4 is 10.6 Å². The SMILES string of the molecule is O=C(NCCCCCCCCCCCCCCCC(O)O)Nc1ccc(F)cc1. The Morgan fingerprint density at radius 3 is 1.69 bits per heavy atom. The molecule has 0 radical (unpaired) electrons. The van der Waals surface area contributed by atoms with Gasteiger partial charge >= 0.3 is 6.03 Å². The summed E-state index contributed by atoms with van der Waals surface area (Å²) in [6.07, 6.45) is 14.9. The molecule has 0 heterocycles. The third-order valence-corrected chi connectivity index (χ3v) is 5.03. The molecule has 166 valence electrons. The van der Waals surface area contributed by atoms with Crippen LogP contribution in [0.1, 0.15) is 89.9 Å². The van der Waals surface area contributed by atoms with Crippen molar-refractivity contribution in [1.82, 2.24) is 5.32 Å². The number of aliphatic hydroxyl groups is 2. The van der Waals surface area contributed by atoms with E-state index in [9.17, 15) is 9.18 Å². The Morgan fingerprint density at radius 2 is 1.21 bits per heavy atom. The topological polar surface area (TPSA) is 81.6 Å². The van der Waals surface area contributed by atoms with Gasteiger partial charge in [0, 0.05) is 12.2 Å². The Morgan fingerprint density at radius 1 is 0.759 bits per heavy atom. The Kier molecular flexibility index (Phi) is 15.1. The first-order valence-electron chi connectivity index (χ1n) is 11.2. The standard InChI is InChI=1S/C23H39FN2O3/c24-20-15-17-21(18-16-20)26-23(29)25-19-13-11-9-7-5-3-1-2-4-6-8-10-12-14-22(27)28/h15-18,22,27-28H,1-14,19H2,(H2,25,26,29). The number of amides is 2. The van der Waals surface area contributed by atoms with Gasteiger partial charge in [-0.1, -0.05) is 70.6 Å². The summed E-state index contributed by atoms with van der Waals surface area (Å²) in [6.45, 7) is 0.657. The van der Waals surface area contributed by atoms with Gasteiger partial charge < -0.3 is 20.8 Å². The number of rotatable bonds is 17. The van der Waals surface area contributed by atoms with Crippen LogP contribution in [-0.2, 0) is 0 Å². The van der Waals surface area contributed by atoms with E-state index in [2.05, 4.69) is 10.6 Å². The average Bonchev–Trinajstić information content (AvgIpc) is 2.69. The molecule has 5 nitrogen and oxygen atoms in total. The monoisotopic (exact) mass is 410 g/mol. The number of nitrogens with one attached hydrogen (secondary N) is 2. The number of anilines is 1. The van der Waals surface area contributed by atoms with Gasteiger partial charge in [-0.3, -0.25) is 0 Å². The molecule has 0 unspecified atom stereocenters. The van der Waals surface area contributed by atoms with Crippen LogP contribution in [0.2, 0.25) is 0 Å². The number of aliphatic hydroxyl groups excluding tert-OH is 1. The average molecular weight is 411 g/mol. The number of halogens is 1. The molecule has 1 rings (SSSR count). The Hall–Kier alpha value is -1.66. The number of carbonyl (C=O) groups is 1. The Labute approximate surface area is 175 Å². The second-order valence-corrected chi connectivity index (χ2v) is 7.75. The molecular formula is C23H39FN2O3. The molecule has 6 heteroatoms. The van der Waals surface area contributed by atoms with E-state index in [1.165, 1.54) is 69.9 Å². The van der Waals surface area contributed by atoms with Crippen LogP contribution in [0.5, 0.6) is 0 Å². The van der Waals surface area contributed by atoms with Gasteiger partial charge in [0.2, 0.25) is 0 Å². The van der Waals surface area contributed by atoms with Crippen LogP contribution in [-0.4, -0.2) is 29.1 Å². The van der Waals surface area contributed by atoms with Crippen LogP contribution in [0.4, 0.5) is 14.9 Å². The molecule has 0 aliphatic rings. The maximum atomic E-state index is 12.8. The summed E-state index contributed by atoms with van der Waals surface area (Å²) in [7, 11) is 0. The van der Waals surface area contributed by atoms with Gasteiger partial charge in [-0.25, -0.2) is 9.18 Å². The minimum atomic E-state index is -1.14. The fourth-order valence-electron chi connectivity index (χ4n) is 3.31. The highest BCUT2D eigenvalue weighted by atomic mass is 19.1. The number of unbranched alkanes of at least 4 members (excludes halogenated alkanes) is 12. The lowest BCUT2D eigenvalue weighted by Gasteiger charge is -2.07. The number of carbonyl (C=O) groups excluding carboxylic acids is 1. The second-order valence-electron chi connectivity index (χ2n) is 7.75. The second kappa shape index (κ2) is 17.2. The number of benzene rings is 1. The fourth-order valence-corrected chi connectivity index (χ4v) is 3.31. The lowest BCUT2D eigenvalue weighted by Crippen LogP contribution is -2.29. The van der Waals surface area contributed by atoms with E-state index in [1.54, 1.807) is 12.1 Å². The lowest BCUT2D eigenvalue weighted by atomic mass is 10.0. The van der Waals surface area contributed by atoms with Crippen molar-refractivity contribution in [3.05, 3.63) is 30.1 Å². The molecule has 0 bridgehead atoms. The third-order valence-electron chi connectivity index (χ3n) is 5.03. The van der Waals surface area contributed by atoms with Crippen LogP contribution in [0.25, 0.3) is 0 Å². The van der Waals surface area contributed by atoms with Gasteiger partial charge in [0.05, 0.1) is 0 Å². The summed E-state index contributed by atoms with van der Waals surface area (Å²) >= 11 is 0. The Bertz CT molecular complexity index is 523. The van der Waals surface area contributed by atoms with Crippen molar-refractivity contribution in [3.8, 4) is 0 Å². The van der Waals surface area contributed by atoms with Crippen molar-refractivity contribution >= 4 is 11.7 Å². The molecule has 4 N–H and O–H groups in total. The van der Waals surface area contributed by atoms with E-state index in [0.29, 0.717) is 18.7 Å². The van der Waals surface area contributed by atoms with E-state index in [0.717, 1.165) is 25.7 Å². The van der Waals surface area contributed by atoms with Crippen molar-refractivity contribution < 1.29 is 19.4 Å². The molecule has 0 spiro atoms. The highest BCUT2D eigenvalue weighted by Gasteiger charge is 2.01. The zero-order valence-electron chi connectivity index (χ0n) is 17.7. The molecule has 0 aliphatic carbocycles. The maximum Gasteiger partial charge on any atom is 0.319 e. The van der Waals surface area contributed by atoms with E-state index in [-0.39, 0.29) is 11.8 Å². The fraction of sp³-hybridized carbons (Fsp3) is 0.696. The van der Waals surface area contributed by atoms with Crippen molar-refractivity contribution in [3.63, 3.8) is 0 Å². The number of urea groups is 1. The van der Waals surface area contributed by atoms with Gasteiger partial charge in [-0.15, -0.1) is 0 Å². The zero-order chi connectivity index (χ0) is 21.2. The summed E-state index contributed by atoms with van der Waals surface area (Å²) in [4.78, 5) is 11.7. The van der Waals surface area contributed by atoms with Crippen molar-refractivity contribution in [2.45, 2.75) is 96.2 Å². The van der Waals surface area contributed by atoms with Crippen LogP contribution in [0.15, 0.2) is 24.3 Å². The van der Waals surface area contributed by atoms with Gasteiger partial charge in [0.15, 0.2) is 6.29 Å². The molecule has 0 aliphatic heterocycles. The number of hydrogen-bond acceptors (Lipinski definition) is 3. The first kappa shape index (κ1) is 25.4. The van der Waals surface area contributed by atoms with Crippen LogP contribution in [0, 0.1) is 5.82 Å². The summed E-state index contributed by atoms with van der Waals surface area (Å²) in [5.74, 6) is -0.316. The van der Waals surface area contributed by atoms with Gasteiger partial charge in [0.1, 0.15) is 5.82 Å². The van der Waals surface area contributed by atoms with E-state index >= 15 is 0 Å². The molecule has 0 aromatic heterocycles. The van der Waals surface area contributed by atoms with Gasteiger partial charge in [-0.2, -0.15) is 0 Å². The largest absolute Gasteiger partial charge is 0.368 e. The van der Waals surface area contributed by atoms with E-state index in [4.69, 9.17) is 10.2 Å². The van der Waals surface area contributed by atoms with Gasteiger partial charge in [0.25, 0.3) is 0 Å². The minimum Gasteiger partial charge on any atom is -0.368 e. The summed E-state index contributed by atoms with van der Waals surface area (Å²) in [6, 6.07) is 5.48. The molecule has 1 aromatic carbocycles. The third kappa shape index (κ3) is 15.9. The lowest BCUT2D eigenvalue weighted by molar-refractivity contribution is -0.0466. The number of hydrogen-bond donors (Lipinski definition) is 4. The molecule has 0 saturated carbocycles. The predicted octanol–water partition coefficient (Wildman–Crippen LogP) is 5.72. The summed E-state index contributed by atoms with van der Waals surface area (Å²) < 4.78 is 12.8. The molecule has 1 aromatic rings. The molecule has 0 atom stereocenters. The first-order valence-corrected chi connectivity index (χ1v) is 11.2. The predicted molar refractivity (Wildman–Crippen MR) is 116 cm³/mol. The molecule has 0 saturated heterocycles. The van der Waals surface area contributed by atoms with Crippen molar-refractivity contribution in [2.75, 3.05) is 11.9 Å². The summed E-state index contributed by atoms with van der Waals surface area (Å²) in [5.41, 5.74) is 0.588. The highest BCUT2D eigenvalue weighted by Crippen LogP contribution is 2.13. The van der Waals surface area contributed by atoms with Crippen LogP contribution in [0.3, 0.4) is 0 Å². The van der Waals surface area contributed by atoms with Gasteiger partial charge in [-0.05, 0) is 43.5 Å². The quantitative estimate of drug-likeness (QED) is 0.196. The van der Waals surface area contributed by atoms with Crippen LogP contribution >= 0.6 is 0 Å². The molecular weight excluding hydrogens is 371 g/mol. The van der Waals surface area contributed by atoms with E-state index < -0.39 is 6.29 Å². The van der Waals surface area contributed by atoms with Crippen molar-refractivity contribution in [2.24, 2.45) is 0 Å². The van der Waals surface area contributed by atoms with Crippen molar-refractivity contribution in [1.29, 1.82) is 0 Å². The first-order chi connectivity index (χ1) is 14.1. The highest BCUT2D eigenvalue weighted by molar-refractivity contribution is 5.89. The smallest absolute Gasteiger partial charge is 0.319 e. The zero-order valence-corrected chi connectivity index (χ0v) is 17.7. The molecule has 0 fully saturated rings.